The Balaban J connectivity index is 2.14. The average molecular weight is 204 g/mol. The minimum absolute atomic E-state index is 0.0935. The number of nitrogens with zero attached hydrogens (tertiary/aromatic N) is 1. The van der Waals surface area contributed by atoms with Gasteiger partial charge in [0.05, 0.1) is 0 Å². The maximum Gasteiger partial charge on any atom is 0.254 e. The van der Waals surface area contributed by atoms with Crippen LogP contribution in [0.4, 0.5) is 0 Å². The first-order valence-electron chi connectivity index (χ1n) is 5.13. The Kier molecular flexibility index (Phi) is 2.27. The summed E-state index contributed by atoms with van der Waals surface area (Å²) in [6, 6.07) is 7.65. The summed E-state index contributed by atoms with van der Waals surface area (Å²) in [5, 5.41) is 0. The number of rotatable bonds is 1. The molecule has 3 nitrogen and oxygen atoms in total. The van der Waals surface area contributed by atoms with Gasteiger partial charge >= 0.3 is 0 Å². The molecule has 2 N–H and O–H groups in total. The van der Waals surface area contributed by atoms with E-state index in [0.717, 1.165) is 11.1 Å². The van der Waals surface area contributed by atoms with Crippen molar-refractivity contribution in [3.63, 3.8) is 0 Å². The van der Waals surface area contributed by atoms with Crippen LogP contribution in [0.15, 0.2) is 24.3 Å². The predicted molar refractivity (Wildman–Crippen MR) is 59.7 cm³/mol. The lowest BCUT2D eigenvalue weighted by atomic mass is 9.92. The van der Waals surface area contributed by atoms with Gasteiger partial charge in [-0.3, -0.25) is 4.79 Å². The number of aryl methyl sites for hydroxylation is 1. The van der Waals surface area contributed by atoms with Crippen molar-refractivity contribution in [1.82, 2.24) is 4.90 Å². The van der Waals surface area contributed by atoms with Crippen LogP contribution in [0.3, 0.4) is 0 Å². The van der Waals surface area contributed by atoms with Gasteiger partial charge in [0, 0.05) is 24.2 Å². The minimum Gasteiger partial charge on any atom is -0.335 e. The zero-order valence-electron chi connectivity index (χ0n) is 9.16. The van der Waals surface area contributed by atoms with Gasteiger partial charge < -0.3 is 10.6 Å². The average Bonchev–Trinajstić information content (AvgIpc) is 2.14. The van der Waals surface area contributed by atoms with Crippen molar-refractivity contribution >= 4 is 5.91 Å². The topological polar surface area (TPSA) is 46.3 Å². The number of benzene rings is 1. The molecule has 80 valence electrons. The molecule has 3 heteroatoms. The van der Waals surface area contributed by atoms with Crippen LogP contribution in [0, 0.1) is 6.92 Å². The lowest BCUT2D eigenvalue weighted by Crippen LogP contribution is -2.66. The highest BCUT2D eigenvalue weighted by Crippen LogP contribution is 2.21. The summed E-state index contributed by atoms with van der Waals surface area (Å²) in [6.07, 6.45) is 0. The summed E-state index contributed by atoms with van der Waals surface area (Å²) < 4.78 is 0. The standard InChI is InChI=1S/C12H16N2O/c1-9-5-3-4-6-10(9)11(15)14-7-12(2,13)8-14/h3-6H,7-8,13H2,1-2H3. The number of carbonyl (C=O) groups excluding carboxylic acids is 1. The van der Waals surface area contributed by atoms with Crippen LogP contribution in [0.1, 0.15) is 22.8 Å². The van der Waals surface area contributed by atoms with Gasteiger partial charge in [0.1, 0.15) is 0 Å². The molecule has 0 atom stereocenters. The molecule has 0 aliphatic carbocycles. The van der Waals surface area contributed by atoms with Gasteiger partial charge in [0.2, 0.25) is 0 Å². The molecule has 1 amide bonds. The van der Waals surface area contributed by atoms with Crippen LogP contribution in [0.5, 0.6) is 0 Å². The molecule has 1 aromatic rings. The van der Waals surface area contributed by atoms with Gasteiger partial charge in [-0.05, 0) is 25.5 Å². The smallest absolute Gasteiger partial charge is 0.254 e. The normalized spacial score (nSPS) is 18.5. The zero-order valence-corrected chi connectivity index (χ0v) is 9.16. The molecular formula is C12H16N2O. The summed E-state index contributed by atoms with van der Waals surface area (Å²) in [4.78, 5) is 13.8. The Morgan fingerprint density at radius 1 is 1.40 bits per heavy atom. The molecule has 2 rings (SSSR count). The summed E-state index contributed by atoms with van der Waals surface area (Å²) in [5.74, 6) is 0.0935. The van der Waals surface area contributed by atoms with Crippen LogP contribution in [0.25, 0.3) is 0 Å². The van der Waals surface area contributed by atoms with E-state index in [4.69, 9.17) is 5.73 Å². The van der Waals surface area contributed by atoms with Crippen molar-refractivity contribution < 1.29 is 4.79 Å². The fraction of sp³-hybridized carbons (Fsp3) is 0.417. The molecule has 1 heterocycles. The Morgan fingerprint density at radius 3 is 2.53 bits per heavy atom. The molecular weight excluding hydrogens is 188 g/mol. The molecule has 1 aromatic carbocycles. The second-order valence-corrected chi connectivity index (χ2v) is 4.63. The van der Waals surface area contributed by atoms with E-state index in [1.807, 2.05) is 38.1 Å². The van der Waals surface area contributed by atoms with E-state index in [9.17, 15) is 4.79 Å². The second-order valence-electron chi connectivity index (χ2n) is 4.63. The molecule has 0 unspecified atom stereocenters. The van der Waals surface area contributed by atoms with Crippen molar-refractivity contribution in [2.45, 2.75) is 19.4 Å². The molecule has 0 spiro atoms. The van der Waals surface area contributed by atoms with Crippen LogP contribution < -0.4 is 5.73 Å². The minimum atomic E-state index is -0.196. The molecule has 0 bridgehead atoms. The lowest BCUT2D eigenvalue weighted by Gasteiger charge is -2.45. The van der Waals surface area contributed by atoms with Gasteiger partial charge in [-0.25, -0.2) is 0 Å². The van der Waals surface area contributed by atoms with E-state index in [2.05, 4.69) is 0 Å². The van der Waals surface area contributed by atoms with Gasteiger partial charge in [0.15, 0.2) is 0 Å². The predicted octanol–water partition coefficient (Wildman–Crippen LogP) is 1.17. The number of nitrogens with two attached hydrogens (primary N) is 1. The molecule has 1 aliphatic rings. The molecule has 0 aromatic heterocycles. The Morgan fingerprint density at radius 2 is 2.00 bits per heavy atom. The van der Waals surface area contributed by atoms with Crippen molar-refractivity contribution in [3.05, 3.63) is 35.4 Å². The molecule has 1 saturated heterocycles. The number of carbonyl (C=O) groups is 1. The van der Waals surface area contributed by atoms with Crippen molar-refractivity contribution in [2.24, 2.45) is 5.73 Å². The number of hydrogen-bond acceptors (Lipinski definition) is 2. The first-order chi connectivity index (χ1) is 6.99. The second kappa shape index (κ2) is 3.35. The van der Waals surface area contributed by atoms with Gasteiger partial charge in [-0.15, -0.1) is 0 Å². The fourth-order valence-corrected chi connectivity index (χ4v) is 1.95. The fourth-order valence-electron chi connectivity index (χ4n) is 1.95. The van der Waals surface area contributed by atoms with Crippen LogP contribution >= 0.6 is 0 Å². The van der Waals surface area contributed by atoms with E-state index in [0.29, 0.717) is 13.1 Å². The van der Waals surface area contributed by atoms with Crippen LogP contribution in [-0.4, -0.2) is 29.4 Å². The number of hydrogen-bond donors (Lipinski definition) is 1. The molecule has 0 saturated carbocycles. The van der Waals surface area contributed by atoms with E-state index >= 15 is 0 Å². The Hall–Kier alpha value is -1.35. The van der Waals surface area contributed by atoms with Crippen molar-refractivity contribution in [1.29, 1.82) is 0 Å². The number of likely N-dealkylation sites (tertiary alicyclic amines) is 1. The first kappa shape index (κ1) is 10.2. The largest absolute Gasteiger partial charge is 0.335 e. The van der Waals surface area contributed by atoms with E-state index in [1.54, 1.807) is 4.90 Å². The van der Waals surface area contributed by atoms with Gasteiger partial charge in [-0.2, -0.15) is 0 Å². The van der Waals surface area contributed by atoms with E-state index < -0.39 is 0 Å². The van der Waals surface area contributed by atoms with Crippen LogP contribution in [-0.2, 0) is 0 Å². The number of amides is 1. The summed E-state index contributed by atoms with van der Waals surface area (Å²) in [5.41, 5.74) is 7.48. The third-order valence-electron chi connectivity index (χ3n) is 2.77. The molecule has 15 heavy (non-hydrogen) atoms. The zero-order chi connectivity index (χ0) is 11.1. The summed E-state index contributed by atoms with van der Waals surface area (Å²) in [6.45, 7) is 5.23. The van der Waals surface area contributed by atoms with Crippen LogP contribution in [0.2, 0.25) is 0 Å². The third kappa shape index (κ3) is 1.88. The maximum atomic E-state index is 12.0. The van der Waals surface area contributed by atoms with Gasteiger partial charge in [-0.1, -0.05) is 18.2 Å². The first-order valence-corrected chi connectivity index (χ1v) is 5.13. The lowest BCUT2D eigenvalue weighted by molar-refractivity contribution is 0.0453. The molecule has 0 radical (unpaired) electrons. The van der Waals surface area contributed by atoms with Crippen molar-refractivity contribution in [3.8, 4) is 0 Å². The van der Waals surface area contributed by atoms with E-state index in [-0.39, 0.29) is 11.4 Å². The Bertz CT molecular complexity index is 390. The highest BCUT2D eigenvalue weighted by molar-refractivity contribution is 5.96. The quantitative estimate of drug-likeness (QED) is 0.746. The summed E-state index contributed by atoms with van der Waals surface area (Å²) in [7, 11) is 0. The highest BCUT2D eigenvalue weighted by Gasteiger charge is 2.38. The maximum absolute atomic E-state index is 12.0. The van der Waals surface area contributed by atoms with E-state index in [1.165, 1.54) is 0 Å². The molecule has 1 aliphatic heterocycles. The third-order valence-corrected chi connectivity index (χ3v) is 2.77. The van der Waals surface area contributed by atoms with Crippen molar-refractivity contribution in [2.75, 3.05) is 13.1 Å². The summed E-state index contributed by atoms with van der Waals surface area (Å²) >= 11 is 0. The highest BCUT2D eigenvalue weighted by atomic mass is 16.2. The monoisotopic (exact) mass is 204 g/mol. The SMILES string of the molecule is Cc1ccccc1C(=O)N1CC(C)(N)C1. The molecule has 1 fully saturated rings. The Labute approximate surface area is 89.9 Å². The van der Waals surface area contributed by atoms with Gasteiger partial charge in [0.25, 0.3) is 5.91 Å².